The lowest BCUT2D eigenvalue weighted by molar-refractivity contribution is -0.141. The molecule has 0 bridgehead atoms. The largest absolute Gasteiger partial charge is 0.481 e. The molecule has 0 saturated carbocycles. The van der Waals surface area contributed by atoms with Gasteiger partial charge in [-0.3, -0.25) is 4.79 Å². The topological polar surface area (TPSA) is 66.6 Å². The molecule has 1 aliphatic rings. The van der Waals surface area contributed by atoms with E-state index in [1.54, 1.807) is 6.92 Å². The number of aliphatic carboxylic acids is 1. The molecule has 0 aliphatic carbocycles. The quantitative estimate of drug-likeness (QED) is 0.782. The molecule has 0 amide bonds. The Kier molecular flexibility index (Phi) is 2.96. The van der Waals surface area contributed by atoms with Crippen LogP contribution in [0.1, 0.15) is 19.4 Å². The third-order valence-electron chi connectivity index (χ3n) is 3.66. The molecular weight excluding hydrogens is 216 g/mol. The van der Waals surface area contributed by atoms with Gasteiger partial charge in [-0.15, -0.1) is 0 Å². The van der Waals surface area contributed by atoms with Gasteiger partial charge in [0.2, 0.25) is 0 Å². The van der Waals surface area contributed by atoms with Gasteiger partial charge in [-0.1, -0.05) is 12.1 Å². The summed E-state index contributed by atoms with van der Waals surface area (Å²) >= 11 is 0. The molecule has 1 aromatic carbocycles. The van der Waals surface area contributed by atoms with Crippen LogP contribution < -0.4 is 10.6 Å². The Morgan fingerprint density at radius 2 is 2.18 bits per heavy atom. The van der Waals surface area contributed by atoms with Crippen molar-refractivity contribution in [1.29, 1.82) is 0 Å². The predicted molar refractivity (Wildman–Crippen MR) is 68.2 cm³/mol. The fraction of sp³-hybridized carbons (Fsp3) is 0.462. The highest BCUT2D eigenvalue weighted by Crippen LogP contribution is 2.36. The van der Waals surface area contributed by atoms with Crippen molar-refractivity contribution in [2.24, 2.45) is 5.92 Å². The number of nitrogens with two attached hydrogens (primary N) is 1. The van der Waals surface area contributed by atoms with Gasteiger partial charge in [0, 0.05) is 12.6 Å². The van der Waals surface area contributed by atoms with E-state index in [0.717, 1.165) is 24.3 Å². The van der Waals surface area contributed by atoms with E-state index in [4.69, 9.17) is 10.8 Å². The standard InChI is InChI=1S/C13H18N2O2/c1-8(13(16)17)9(2)15-7-6-10-4-3-5-11(14)12(10)15/h3-5,8-9H,6-7,14H2,1-2H3,(H,16,17). The molecular formula is C13H18N2O2. The summed E-state index contributed by atoms with van der Waals surface area (Å²) in [6.45, 7) is 4.53. The van der Waals surface area contributed by atoms with Crippen molar-refractivity contribution in [2.75, 3.05) is 17.2 Å². The van der Waals surface area contributed by atoms with Gasteiger partial charge in [0.1, 0.15) is 0 Å². The summed E-state index contributed by atoms with van der Waals surface area (Å²) in [7, 11) is 0. The van der Waals surface area contributed by atoms with Crippen LogP contribution in [0.2, 0.25) is 0 Å². The lowest BCUT2D eigenvalue weighted by atomic mass is 10.0. The molecule has 0 radical (unpaired) electrons. The SMILES string of the molecule is CC(C(=O)O)C(C)N1CCc2cccc(N)c21. The Balaban J connectivity index is 2.30. The van der Waals surface area contributed by atoms with Gasteiger partial charge in [-0.2, -0.15) is 0 Å². The first-order valence-corrected chi connectivity index (χ1v) is 5.89. The molecule has 1 aromatic rings. The number of anilines is 2. The summed E-state index contributed by atoms with van der Waals surface area (Å²) in [5.74, 6) is -1.17. The molecule has 1 heterocycles. The highest BCUT2D eigenvalue weighted by Gasteiger charge is 2.30. The molecule has 4 heteroatoms. The van der Waals surface area contributed by atoms with Crippen molar-refractivity contribution in [3.8, 4) is 0 Å². The average Bonchev–Trinajstić information content (AvgIpc) is 2.72. The van der Waals surface area contributed by atoms with E-state index in [1.165, 1.54) is 5.56 Å². The maximum Gasteiger partial charge on any atom is 0.308 e. The number of nitrogen functional groups attached to an aromatic ring is 1. The van der Waals surface area contributed by atoms with Crippen LogP contribution in [-0.2, 0) is 11.2 Å². The minimum Gasteiger partial charge on any atom is -0.481 e. The number of rotatable bonds is 3. The Morgan fingerprint density at radius 1 is 1.47 bits per heavy atom. The summed E-state index contributed by atoms with van der Waals surface area (Å²) in [4.78, 5) is 13.2. The number of carbonyl (C=O) groups is 1. The van der Waals surface area contributed by atoms with Crippen LogP contribution in [0, 0.1) is 5.92 Å². The Bertz CT molecular complexity index is 445. The smallest absolute Gasteiger partial charge is 0.308 e. The van der Waals surface area contributed by atoms with Crippen LogP contribution in [-0.4, -0.2) is 23.7 Å². The monoisotopic (exact) mass is 234 g/mol. The number of benzene rings is 1. The molecule has 3 N–H and O–H groups in total. The van der Waals surface area contributed by atoms with Crippen LogP contribution in [0.3, 0.4) is 0 Å². The zero-order valence-electron chi connectivity index (χ0n) is 10.2. The van der Waals surface area contributed by atoms with E-state index in [2.05, 4.69) is 11.0 Å². The minimum atomic E-state index is -0.763. The third kappa shape index (κ3) is 1.95. The molecule has 1 aliphatic heterocycles. The molecule has 92 valence electrons. The number of hydrogen-bond acceptors (Lipinski definition) is 3. The third-order valence-corrected chi connectivity index (χ3v) is 3.66. The van der Waals surface area contributed by atoms with E-state index < -0.39 is 11.9 Å². The Labute approximate surface area is 101 Å². The van der Waals surface area contributed by atoms with Gasteiger partial charge >= 0.3 is 5.97 Å². The zero-order chi connectivity index (χ0) is 12.6. The Hall–Kier alpha value is -1.71. The van der Waals surface area contributed by atoms with Gasteiger partial charge < -0.3 is 15.7 Å². The highest BCUT2D eigenvalue weighted by atomic mass is 16.4. The molecule has 0 aromatic heterocycles. The van der Waals surface area contributed by atoms with Crippen molar-refractivity contribution in [2.45, 2.75) is 26.3 Å². The fourth-order valence-electron chi connectivity index (χ4n) is 2.40. The van der Waals surface area contributed by atoms with E-state index in [1.807, 2.05) is 19.1 Å². The van der Waals surface area contributed by atoms with Crippen molar-refractivity contribution in [3.63, 3.8) is 0 Å². The molecule has 2 unspecified atom stereocenters. The maximum absolute atomic E-state index is 11.0. The first kappa shape index (κ1) is 11.8. The van der Waals surface area contributed by atoms with Crippen LogP contribution >= 0.6 is 0 Å². The first-order valence-electron chi connectivity index (χ1n) is 5.89. The van der Waals surface area contributed by atoms with Gasteiger partial charge in [-0.05, 0) is 31.9 Å². The zero-order valence-corrected chi connectivity index (χ0v) is 10.2. The molecule has 0 saturated heterocycles. The molecule has 4 nitrogen and oxygen atoms in total. The number of para-hydroxylation sites is 1. The second-order valence-corrected chi connectivity index (χ2v) is 4.67. The van der Waals surface area contributed by atoms with Gasteiger partial charge in [0.05, 0.1) is 17.3 Å². The summed E-state index contributed by atoms with van der Waals surface area (Å²) in [6.07, 6.45) is 0.942. The van der Waals surface area contributed by atoms with Crippen molar-refractivity contribution >= 4 is 17.3 Å². The summed E-state index contributed by atoms with van der Waals surface area (Å²) in [6, 6.07) is 5.83. The van der Waals surface area contributed by atoms with Gasteiger partial charge in [-0.25, -0.2) is 0 Å². The van der Waals surface area contributed by atoms with Crippen LogP contribution in [0.15, 0.2) is 18.2 Å². The predicted octanol–water partition coefficient (Wildman–Crippen LogP) is 1.74. The van der Waals surface area contributed by atoms with E-state index in [0.29, 0.717) is 0 Å². The number of nitrogens with zero attached hydrogens (tertiary/aromatic N) is 1. The average molecular weight is 234 g/mol. The molecule has 17 heavy (non-hydrogen) atoms. The number of fused-ring (bicyclic) bond motifs is 1. The number of carboxylic acids is 1. The van der Waals surface area contributed by atoms with E-state index in [-0.39, 0.29) is 6.04 Å². The summed E-state index contributed by atoms with van der Waals surface area (Å²) < 4.78 is 0. The van der Waals surface area contributed by atoms with Crippen molar-refractivity contribution in [1.82, 2.24) is 0 Å². The Morgan fingerprint density at radius 3 is 2.82 bits per heavy atom. The van der Waals surface area contributed by atoms with Gasteiger partial charge in [0.15, 0.2) is 0 Å². The lowest BCUT2D eigenvalue weighted by Gasteiger charge is -2.30. The number of carboxylic acid groups (broad SMARTS) is 1. The van der Waals surface area contributed by atoms with E-state index >= 15 is 0 Å². The number of hydrogen-bond donors (Lipinski definition) is 2. The molecule has 2 rings (SSSR count). The highest BCUT2D eigenvalue weighted by molar-refractivity contribution is 5.77. The second kappa shape index (κ2) is 4.28. The normalized spacial score (nSPS) is 17.6. The molecule has 0 spiro atoms. The fourth-order valence-corrected chi connectivity index (χ4v) is 2.40. The van der Waals surface area contributed by atoms with Crippen LogP contribution in [0.4, 0.5) is 11.4 Å². The van der Waals surface area contributed by atoms with Crippen molar-refractivity contribution in [3.05, 3.63) is 23.8 Å². The van der Waals surface area contributed by atoms with Crippen LogP contribution in [0.5, 0.6) is 0 Å². The molecule has 2 atom stereocenters. The lowest BCUT2D eigenvalue weighted by Crippen LogP contribution is -2.39. The van der Waals surface area contributed by atoms with Crippen LogP contribution in [0.25, 0.3) is 0 Å². The molecule has 0 fully saturated rings. The minimum absolute atomic E-state index is 0.0431. The van der Waals surface area contributed by atoms with Gasteiger partial charge in [0.25, 0.3) is 0 Å². The first-order chi connectivity index (χ1) is 8.02. The second-order valence-electron chi connectivity index (χ2n) is 4.67. The van der Waals surface area contributed by atoms with E-state index in [9.17, 15) is 4.79 Å². The summed E-state index contributed by atoms with van der Waals surface area (Å²) in [5.41, 5.74) is 8.97. The maximum atomic E-state index is 11.0. The van der Waals surface area contributed by atoms with Crippen molar-refractivity contribution < 1.29 is 9.90 Å². The summed E-state index contributed by atoms with van der Waals surface area (Å²) in [5, 5.41) is 9.07.